The molecule has 2 rings (SSSR count). The first kappa shape index (κ1) is 16.1. The summed E-state index contributed by atoms with van der Waals surface area (Å²) < 4.78 is 6.99. The quantitative estimate of drug-likeness (QED) is 0.733. The maximum absolute atomic E-state index is 5.89. The van der Waals surface area contributed by atoms with Gasteiger partial charge in [-0.15, -0.1) is 0 Å². The summed E-state index contributed by atoms with van der Waals surface area (Å²) in [5, 5.41) is 3.49. The van der Waals surface area contributed by atoms with Gasteiger partial charge >= 0.3 is 0 Å². The second-order valence-corrected chi connectivity index (χ2v) is 6.11. The Hall–Kier alpha value is -1.32. The SMILES string of the molecule is CCCNC(C)c1ccc(Oc2ccc(Br)c(C)c2)cc1. The van der Waals surface area contributed by atoms with Gasteiger partial charge in [0.2, 0.25) is 0 Å². The van der Waals surface area contributed by atoms with E-state index in [1.54, 1.807) is 0 Å². The molecule has 0 heterocycles. The molecule has 2 aromatic rings. The fourth-order valence-electron chi connectivity index (χ4n) is 2.12. The van der Waals surface area contributed by atoms with E-state index in [1.165, 1.54) is 11.1 Å². The summed E-state index contributed by atoms with van der Waals surface area (Å²) in [5.41, 5.74) is 2.45. The van der Waals surface area contributed by atoms with Crippen LogP contribution in [0.25, 0.3) is 0 Å². The monoisotopic (exact) mass is 347 g/mol. The number of benzene rings is 2. The van der Waals surface area contributed by atoms with Crippen LogP contribution < -0.4 is 10.1 Å². The van der Waals surface area contributed by atoms with Crippen molar-refractivity contribution < 1.29 is 4.74 Å². The molecule has 2 aromatic carbocycles. The zero-order valence-electron chi connectivity index (χ0n) is 12.8. The molecule has 0 bridgehead atoms. The maximum Gasteiger partial charge on any atom is 0.127 e. The Balaban J connectivity index is 2.03. The van der Waals surface area contributed by atoms with Crippen LogP contribution in [0.15, 0.2) is 46.9 Å². The van der Waals surface area contributed by atoms with Gasteiger partial charge in [-0.2, -0.15) is 0 Å². The molecule has 0 saturated heterocycles. The maximum atomic E-state index is 5.89. The predicted octanol–water partition coefficient (Wildman–Crippen LogP) is 5.61. The fraction of sp³-hybridized carbons (Fsp3) is 0.333. The molecular formula is C18H22BrNO. The van der Waals surface area contributed by atoms with Crippen molar-refractivity contribution in [2.24, 2.45) is 0 Å². The van der Waals surface area contributed by atoms with Crippen molar-refractivity contribution in [3.63, 3.8) is 0 Å². The molecule has 0 aliphatic heterocycles. The predicted molar refractivity (Wildman–Crippen MR) is 92.1 cm³/mol. The Bertz CT molecular complexity index is 580. The van der Waals surface area contributed by atoms with Crippen molar-refractivity contribution >= 4 is 15.9 Å². The lowest BCUT2D eigenvalue weighted by molar-refractivity contribution is 0.481. The summed E-state index contributed by atoms with van der Waals surface area (Å²) in [6, 6.07) is 14.7. The van der Waals surface area contributed by atoms with Gasteiger partial charge in [-0.1, -0.05) is 35.0 Å². The first-order valence-electron chi connectivity index (χ1n) is 7.37. The van der Waals surface area contributed by atoms with Gasteiger partial charge in [-0.05, 0) is 68.3 Å². The van der Waals surface area contributed by atoms with E-state index in [4.69, 9.17) is 4.74 Å². The Morgan fingerprint density at radius 3 is 2.38 bits per heavy atom. The summed E-state index contributed by atoms with van der Waals surface area (Å²) in [7, 11) is 0. The number of rotatable bonds is 6. The second kappa shape index (κ2) is 7.62. The number of nitrogens with one attached hydrogen (secondary N) is 1. The van der Waals surface area contributed by atoms with E-state index in [0.717, 1.165) is 28.9 Å². The highest BCUT2D eigenvalue weighted by Crippen LogP contribution is 2.27. The molecule has 1 atom stereocenters. The van der Waals surface area contributed by atoms with E-state index in [1.807, 2.05) is 30.3 Å². The lowest BCUT2D eigenvalue weighted by atomic mass is 10.1. The molecule has 0 aliphatic carbocycles. The minimum absolute atomic E-state index is 0.369. The number of hydrogen-bond donors (Lipinski definition) is 1. The molecule has 1 N–H and O–H groups in total. The van der Waals surface area contributed by atoms with Crippen molar-refractivity contribution in [3.05, 3.63) is 58.1 Å². The lowest BCUT2D eigenvalue weighted by Crippen LogP contribution is -2.19. The van der Waals surface area contributed by atoms with Crippen molar-refractivity contribution in [1.29, 1.82) is 0 Å². The highest BCUT2D eigenvalue weighted by atomic mass is 79.9. The van der Waals surface area contributed by atoms with Crippen LogP contribution in [-0.2, 0) is 0 Å². The number of ether oxygens (including phenoxy) is 1. The Kier molecular flexibility index (Phi) is 5.83. The van der Waals surface area contributed by atoms with Crippen LogP contribution in [0, 0.1) is 6.92 Å². The van der Waals surface area contributed by atoms with Gasteiger partial charge in [0.15, 0.2) is 0 Å². The molecule has 0 amide bonds. The van der Waals surface area contributed by atoms with E-state index in [9.17, 15) is 0 Å². The topological polar surface area (TPSA) is 21.3 Å². The molecule has 0 radical (unpaired) electrons. The molecular weight excluding hydrogens is 326 g/mol. The van der Waals surface area contributed by atoms with E-state index in [2.05, 4.69) is 54.2 Å². The van der Waals surface area contributed by atoms with Crippen molar-refractivity contribution in [2.75, 3.05) is 6.54 Å². The minimum atomic E-state index is 0.369. The van der Waals surface area contributed by atoms with Crippen molar-refractivity contribution in [2.45, 2.75) is 33.2 Å². The molecule has 112 valence electrons. The van der Waals surface area contributed by atoms with Gasteiger partial charge in [0, 0.05) is 10.5 Å². The normalized spacial score (nSPS) is 12.2. The van der Waals surface area contributed by atoms with Gasteiger partial charge in [-0.3, -0.25) is 0 Å². The molecule has 2 nitrogen and oxygen atoms in total. The highest BCUT2D eigenvalue weighted by Gasteiger charge is 2.05. The van der Waals surface area contributed by atoms with Gasteiger partial charge in [0.1, 0.15) is 11.5 Å². The highest BCUT2D eigenvalue weighted by molar-refractivity contribution is 9.10. The first-order chi connectivity index (χ1) is 10.1. The first-order valence-corrected chi connectivity index (χ1v) is 8.16. The van der Waals surface area contributed by atoms with Crippen molar-refractivity contribution in [1.82, 2.24) is 5.32 Å². The summed E-state index contributed by atoms with van der Waals surface area (Å²) in [4.78, 5) is 0. The van der Waals surface area contributed by atoms with Crippen molar-refractivity contribution in [3.8, 4) is 11.5 Å². The average molecular weight is 348 g/mol. The number of hydrogen-bond acceptors (Lipinski definition) is 2. The molecule has 0 aromatic heterocycles. The fourth-order valence-corrected chi connectivity index (χ4v) is 2.37. The standard InChI is InChI=1S/C18H22BrNO/c1-4-11-20-14(3)15-5-7-16(8-6-15)21-17-9-10-18(19)13(2)12-17/h5-10,12,14,20H,4,11H2,1-3H3. The van der Waals surface area contributed by atoms with Crippen LogP contribution >= 0.6 is 15.9 Å². The third kappa shape index (κ3) is 4.58. The van der Waals surface area contributed by atoms with Crippen LogP contribution in [0.2, 0.25) is 0 Å². The second-order valence-electron chi connectivity index (χ2n) is 5.26. The van der Waals surface area contributed by atoms with E-state index in [-0.39, 0.29) is 0 Å². The van der Waals surface area contributed by atoms with Crippen LogP contribution in [0.1, 0.15) is 37.4 Å². The Labute approximate surface area is 135 Å². The molecule has 3 heteroatoms. The third-order valence-corrected chi connectivity index (χ3v) is 4.34. The van der Waals surface area contributed by atoms with Crippen LogP contribution in [-0.4, -0.2) is 6.54 Å². The number of halogens is 1. The number of aryl methyl sites for hydroxylation is 1. The van der Waals surface area contributed by atoms with Crippen LogP contribution in [0.5, 0.6) is 11.5 Å². The minimum Gasteiger partial charge on any atom is -0.457 e. The zero-order chi connectivity index (χ0) is 15.2. The lowest BCUT2D eigenvalue weighted by Gasteiger charge is -2.14. The molecule has 1 unspecified atom stereocenters. The molecule has 0 aliphatic rings. The van der Waals surface area contributed by atoms with Crippen LogP contribution in [0.4, 0.5) is 0 Å². The summed E-state index contributed by atoms with van der Waals surface area (Å²) >= 11 is 3.50. The molecule has 0 saturated carbocycles. The Morgan fingerprint density at radius 2 is 1.76 bits per heavy atom. The van der Waals surface area contributed by atoms with E-state index < -0.39 is 0 Å². The summed E-state index contributed by atoms with van der Waals surface area (Å²) in [6.45, 7) is 7.46. The van der Waals surface area contributed by atoms with Gasteiger partial charge in [0.05, 0.1) is 0 Å². The van der Waals surface area contributed by atoms with E-state index >= 15 is 0 Å². The van der Waals surface area contributed by atoms with E-state index in [0.29, 0.717) is 6.04 Å². The molecule has 0 spiro atoms. The van der Waals surface area contributed by atoms with Gasteiger partial charge in [-0.25, -0.2) is 0 Å². The zero-order valence-corrected chi connectivity index (χ0v) is 14.4. The van der Waals surface area contributed by atoms with Gasteiger partial charge < -0.3 is 10.1 Å². The largest absolute Gasteiger partial charge is 0.457 e. The average Bonchev–Trinajstić information content (AvgIpc) is 2.49. The summed E-state index contributed by atoms with van der Waals surface area (Å²) in [6.07, 6.45) is 1.15. The Morgan fingerprint density at radius 1 is 1.10 bits per heavy atom. The summed E-state index contributed by atoms with van der Waals surface area (Å²) in [5.74, 6) is 1.73. The van der Waals surface area contributed by atoms with Gasteiger partial charge in [0.25, 0.3) is 0 Å². The molecule has 0 fully saturated rings. The molecule has 21 heavy (non-hydrogen) atoms. The third-order valence-electron chi connectivity index (χ3n) is 3.45. The smallest absolute Gasteiger partial charge is 0.127 e. The van der Waals surface area contributed by atoms with Crippen LogP contribution in [0.3, 0.4) is 0 Å².